The van der Waals surface area contributed by atoms with Gasteiger partial charge < -0.3 is 14.4 Å². The van der Waals surface area contributed by atoms with Crippen LogP contribution in [0.2, 0.25) is 0 Å². The van der Waals surface area contributed by atoms with Crippen LogP contribution in [0.15, 0.2) is 24.7 Å². The summed E-state index contributed by atoms with van der Waals surface area (Å²) in [4.78, 5) is 26.7. The molecule has 3 heterocycles. The summed E-state index contributed by atoms with van der Waals surface area (Å²) in [7, 11) is 4.21. The van der Waals surface area contributed by atoms with E-state index in [9.17, 15) is 4.79 Å². The summed E-state index contributed by atoms with van der Waals surface area (Å²) < 4.78 is 2.28. The van der Waals surface area contributed by atoms with Crippen LogP contribution in [0.25, 0.3) is 0 Å². The Kier molecular flexibility index (Phi) is 6.28. The van der Waals surface area contributed by atoms with Crippen LogP contribution in [0.4, 0.5) is 0 Å². The van der Waals surface area contributed by atoms with Crippen molar-refractivity contribution in [3.05, 3.63) is 47.3 Å². The molecule has 2 aromatic heterocycles. The quantitative estimate of drug-likeness (QED) is 0.754. The van der Waals surface area contributed by atoms with Gasteiger partial charge in [-0.25, -0.2) is 4.98 Å². The highest BCUT2D eigenvalue weighted by Crippen LogP contribution is 2.28. The zero-order chi connectivity index (χ0) is 20.2. The Morgan fingerprint density at radius 1 is 1.21 bits per heavy atom. The molecule has 0 aromatic carbocycles. The van der Waals surface area contributed by atoms with Crippen LogP contribution in [0.1, 0.15) is 65.5 Å². The summed E-state index contributed by atoms with van der Waals surface area (Å²) in [6.45, 7) is 3.62. The van der Waals surface area contributed by atoms with Gasteiger partial charge in [0.15, 0.2) is 0 Å². The van der Waals surface area contributed by atoms with Crippen molar-refractivity contribution in [2.24, 2.45) is 0 Å². The van der Waals surface area contributed by atoms with Gasteiger partial charge in [0.1, 0.15) is 5.82 Å². The molecular formula is C23H33N5O. The van der Waals surface area contributed by atoms with Crippen molar-refractivity contribution in [2.75, 3.05) is 33.7 Å². The first-order valence-corrected chi connectivity index (χ1v) is 11.0. The third-order valence-corrected chi connectivity index (χ3v) is 6.24. The van der Waals surface area contributed by atoms with E-state index < -0.39 is 0 Å². The van der Waals surface area contributed by atoms with Gasteiger partial charge in [-0.05, 0) is 77.2 Å². The van der Waals surface area contributed by atoms with Gasteiger partial charge in [-0.15, -0.1) is 0 Å². The van der Waals surface area contributed by atoms with E-state index in [4.69, 9.17) is 0 Å². The van der Waals surface area contributed by atoms with Crippen LogP contribution < -0.4 is 0 Å². The number of rotatable bonds is 6. The number of hydrogen-bond acceptors (Lipinski definition) is 4. The summed E-state index contributed by atoms with van der Waals surface area (Å²) in [6, 6.07) is 2.09. The van der Waals surface area contributed by atoms with E-state index in [1.807, 2.05) is 11.1 Å². The van der Waals surface area contributed by atoms with E-state index in [0.29, 0.717) is 5.92 Å². The van der Waals surface area contributed by atoms with Gasteiger partial charge in [0.2, 0.25) is 0 Å². The molecule has 1 aliphatic carbocycles. The summed E-state index contributed by atoms with van der Waals surface area (Å²) >= 11 is 0. The largest absolute Gasteiger partial charge is 0.338 e. The van der Waals surface area contributed by atoms with Gasteiger partial charge in [0, 0.05) is 49.8 Å². The van der Waals surface area contributed by atoms with Gasteiger partial charge in [-0.2, -0.15) is 0 Å². The summed E-state index contributed by atoms with van der Waals surface area (Å²) in [5, 5.41) is 0. The predicted molar refractivity (Wildman–Crippen MR) is 114 cm³/mol. The molecule has 2 aliphatic rings. The standard InChI is InChI=1S/C23H33N5O/c1-26(2)11-6-13-27-14-10-24-22(27)19-8-5-12-28(17-19)23(29)20-15-18-7-3-4-9-21(18)25-16-20/h10,14-16,19H,3-9,11-13,17H2,1-2H3. The first kappa shape index (κ1) is 20.1. The molecule has 1 amide bonds. The highest BCUT2D eigenvalue weighted by molar-refractivity contribution is 5.94. The number of hydrogen-bond donors (Lipinski definition) is 0. The SMILES string of the molecule is CN(C)CCCn1ccnc1C1CCCN(C(=O)c2cnc3c(c2)CCCC3)C1. The molecule has 0 radical (unpaired) electrons. The first-order chi connectivity index (χ1) is 14.1. The van der Waals surface area contributed by atoms with Crippen molar-refractivity contribution in [3.8, 4) is 0 Å². The molecule has 1 saturated heterocycles. The Morgan fingerprint density at radius 3 is 2.93 bits per heavy atom. The second-order valence-corrected chi connectivity index (χ2v) is 8.76. The lowest BCUT2D eigenvalue weighted by Crippen LogP contribution is -2.40. The third-order valence-electron chi connectivity index (χ3n) is 6.24. The smallest absolute Gasteiger partial charge is 0.255 e. The lowest BCUT2D eigenvalue weighted by molar-refractivity contribution is 0.0702. The van der Waals surface area contributed by atoms with Gasteiger partial charge in [-0.1, -0.05) is 0 Å². The Balaban J connectivity index is 1.43. The van der Waals surface area contributed by atoms with Crippen molar-refractivity contribution < 1.29 is 4.79 Å². The van der Waals surface area contributed by atoms with Crippen LogP contribution in [0, 0.1) is 0 Å². The van der Waals surface area contributed by atoms with Crippen molar-refractivity contribution in [3.63, 3.8) is 0 Å². The Morgan fingerprint density at radius 2 is 2.07 bits per heavy atom. The van der Waals surface area contributed by atoms with E-state index in [-0.39, 0.29) is 5.91 Å². The number of imidazole rings is 1. The average molecular weight is 396 g/mol. The molecule has 156 valence electrons. The van der Waals surface area contributed by atoms with Crippen molar-refractivity contribution >= 4 is 5.91 Å². The maximum Gasteiger partial charge on any atom is 0.255 e. The summed E-state index contributed by atoms with van der Waals surface area (Å²) in [5.41, 5.74) is 3.21. The maximum atomic E-state index is 13.2. The Bertz CT molecular complexity index is 844. The highest BCUT2D eigenvalue weighted by atomic mass is 16.2. The fraction of sp³-hybridized carbons (Fsp3) is 0.609. The number of piperidine rings is 1. The second-order valence-electron chi connectivity index (χ2n) is 8.76. The fourth-order valence-electron chi connectivity index (χ4n) is 4.69. The number of carbonyl (C=O) groups excluding carboxylic acids is 1. The van der Waals surface area contributed by atoms with Crippen LogP contribution >= 0.6 is 0 Å². The molecule has 6 nitrogen and oxygen atoms in total. The maximum absolute atomic E-state index is 13.2. The minimum Gasteiger partial charge on any atom is -0.338 e. The van der Waals surface area contributed by atoms with Crippen molar-refractivity contribution in [1.29, 1.82) is 0 Å². The number of aromatic nitrogens is 3. The molecule has 1 unspecified atom stereocenters. The molecule has 0 saturated carbocycles. The van der Waals surface area contributed by atoms with Crippen LogP contribution in [-0.4, -0.2) is 64.0 Å². The minimum atomic E-state index is 0.126. The molecule has 29 heavy (non-hydrogen) atoms. The molecular weight excluding hydrogens is 362 g/mol. The highest BCUT2D eigenvalue weighted by Gasteiger charge is 2.28. The minimum absolute atomic E-state index is 0.126. The fourth-order valence-corrected chi connectivity index (χ4v) is 4.69. The predicted octanol–water partition coefficient (Wildman–Crippen LogP) is 3.13. The number of fused-ring (bicyclic) bond motifs is 1. The van der Waals surface area contributed by atoms with Gasteiger partial charge in [-0.3, -0.25) is 9.78 Å². The summed E-state index contributed by atoms with van der Waals surface area (Å²) in [5.74, 6) is 1.57. The van der Waals surface area contributed by atoms with E-state index in [1.165, 1.54) is 24.1 Å². The molecule has 0 N–H and O–H groups in total. The topological polar surface area (TPSA) is 54.3 Å². The lowest BCUT2D eigenvalue weighted by atomic mass is 9.94. The average Bonchev–Trinajstić information content (AvgIpc) is 3.21. The number of pyridine rings is 1. The van der Waals surface area contributed by atoms with Crippen LogP contribution in [0.5, 0.6) is 0 Å². The Labute approximate surface area is 173 Å². The van der Waals surface area contributed by atoms with E-state index in [2.05, 4.69) is 45.8 Å². The number of likely N-dealkylation sites (tertiary alicyclic amines) is 1. The first-order valence-electron chi connectivity index (χ1n) is 11.0. The molecule has 2 aromatic rings. The molecule has 1 atom stereocenters. The molecule has 0 bridgehead atoms. The molecule has 6 heteroatoms. The monoisotopic (exact) mass is 395 g/mol. The number of carbonyl (C=O) groups is 1. The van der Waals surface area contributed by atoms with Crippen LogP contribution in [-0.2, 0) is 19.4 Å². The summed E-state index contributed by atoms with van der Waals surface area (Å²) in [6.07, 6.45) is 13.5. The zero-order valence-corrected chi connectivity index (χ0v) is 17.8. The molecule has 0 spiro atoms. The van der Waals surface area contributed by atoms with E-state index in [0.717, 1.165) is 69.7 Å². The zero-order valence-electron chi connectivity index (χ0n) is 17.8. The molecule has 4 rings (SSSR count). The van der Waals surface area contributed by atoms with Gasteiger partial charge >= 0.3 is 0 Å². The van der Waals surface area contributed by atoms with Crippen molar-refractivity contribution in [1.82, 2.24) is 24.3 Å². The molecule has 1 aliphatic heterocycles. The third kappa shape index (κ3) is 4.69. The lowest BCUT2D eigenvalue weighted by Gasteiger charge is -2.33. The van der Waals surface area contributed by atoms with Crippen molar-refractivity contribution in [2.45, 2.75) is 57.4 Å². The number of amides is 1. The number of aryl methyl sites for hydroxylation is 3. The molecule has 1 fully saturated rings. The second kappa shape index (κ2) is 9.08. The van der Waals surface area contributed by atoms with Crippen LogP contribution in [0.3, 0.4) is 0 Å². The normalized spacial score (nSPS) is 19.4. The van der Waals surface area contributed by atoms with E-state index >= 15 is 0 Å². The Hall–Kier alpha value is -2.21. The van der Waals surface area contributed by atoms with Gasteiger partial charge in [0.25, 0.3) is 5.91 Å². The van der Waals surface area contributed by atoms with E-state index in [1.54, 1.807) is 6.20 Å². The van der Waals surface area contributed by atoms with Gasteiger partial charge in [0.05, 0.1) is 5.56 Å². The number of nitrogens with zero attached hydrogens (tertiary/aromatic N) is 5.